The molecule has 0 aromatic heterocycles. The molecule has 0 aliphatic heterocycles. The van der Waals surface area contributed by atoms with Crippen LogP contribution in [-0.4, -0.2) is 17.2 Å². The van der Waals surface area contributed by atoms with Gasteiger partial charge in [0.1, 0.15) is 0 Å². The van der Waals surface area contributed by atoms with Gasteiger partial charge in [-0.2, -0.15) is 0 Å². The molecular weight excluding hydrogens is 254 g/mol. The Morgan fingerprint density at radius 2 is 1.79 bits per heavy atom. The van der Waals surface area contributed by atoms with E-state index < -0.39 is 0 Å². The van der Waals surface area contributed by atoms with Crippen molar-refractivity contribution in [3.05, 3.63) is 30.3 Å². The molecule has 0 unspecified atom stereocenters. The highest BCUT2D eigenvalue weighted by Gasteiger charge is 2.19. The molecule has 0 spiro atoms. The summed E-state index contributed by atoms with van der Waals surface area (Å²) < 4.78 is 0. The second-order valence-electron chi connectivity index (χ2n) is 5.27. The molecule has 0 heterocycles. The summed E-state index contributed by atoms with van der Waals surface area (Å²) in [7, 11) is 0. The summed E-state index contributed by atoms with van der Waals surface area (Å²) in [6, 6.07) is 10.5. The Kier molecular flexibility index (Phi) is 5.77. The molecule has 3 heteroatoms. The molecule has 2 rings (SSSR count). The van der Waals surface area contributed by atoms with Crippen LogP contribution in [0, 0.1) is 0 Å². The Hall–Kier alpha value is -0.960. The van der Waals surface area contributed by atoms with E-state index >= 15 is 0 Å². The van der Waals surface area contributed by atoms with Gasteiger partial charge >= 0.3 is 0 Å². The van der Waals surface area contributed by atoms with Crippen LogP contribution in [0.5, 0.6) is 0 Å². The molecule has 1 amide bonds. The zero-order chi connectivity index (χ0) is 13.5. The average molecular weight is 277 g/mol. The molecule has 0 radical (unpaired) electrons. The van der Waals surface area contributed by atoms with Crippen molar-refractivity contribution < 1.29 is 4.79 Å². The lowest BCUT2D eigenvalue weighted by molar-refractivity contribution is -0.121. The molecular formula is C16H23NOS. The van der Waals surface area contributed by atoms with E-state index in [1.807, 2.05) is 25.1 Å². The van der Waals surface area contributed by atoms with Gasteiger partial charge in [-0.25, -0.2) is 0 Å². The van der Waals surface area contributed by atoms with Gasteiger partial charge in [0.15, 0.2) is 0 Å². The SMILES string of the molecule is C[C@H](Sc1ccccc1)C(=O)NC1CCCCCC1. The standard InChI is InChI=1S/C16H23NOS/c1-13(19-15-11-7-4-8-12-15)16(18)17-14-9-5-2-3-6-10-14/h4,7-8,11-14H,2-3,5-6,9-10H2,1H3,(H,17,18)/t13-/m0/s1. The van der Waals surface area contributed by atoms with Crippen molar-refractivity contribution in [1.82, 2.24) is 5.32 Å². The van der Waals surface area contributed by atoms with E-state index in [1.165, 1.54) is 25.7 Å². The van der Waals surface area contributed by atoms with Gasteiger partial charge in [0.05, 0.1) is 5.25 Å². The molecule has 0 saturated heterocycles. The summed E-state index contributed by atoms with van der Waals surface area (Å²) in [5.74, 6) is 0.181. The van der Waals surface area contributed by atoms with Crippen molar-refractivity contribution in [2.45, 2.75) is 61.6 Å². The van der Waals surface area contributed by atoms with Crippen LogP contribution in [-0.2, 0) is 4.79 Å². The third-order valence-electron chi connectivity index (χ3n) is 3.63. The van der Waals surface area contributed by atoms with Crippen LogP contribution in [0.2, 0.25) is 0 Å². The van der Waals surface area contributed by atoms with Gasteiger partial charge in [0.2, 0.25) is 5.91 Å². The van der Waals surface area contributed by atoms with Crippen LogP contribution in [0.1, 0.15) is 45.4 Å². The quantitative estimate of drug-likeness (QED) is 0.665. The maximum atomic E-state index is 12.2. The molecule has 1 N–H and O–H groups in total. The molecule has 1 saturated carbocycles. The van der Waals surface area contributed by atoms with Crippen molar-refractivity contribution >= 4 is 17.7 Å². The zero-order valence-electron chi connectivity index (χ0n) is 11.6. The molecule has 1 aliphatic rings. The van der Waals surface area contributed by atoms with E-state index in [1.54, 1.807) is 11.8 Å². The van der Waals surface area contributed by atoms with E-state index in [9.17, 15) is 4.79 Å². The fraction of sp³-hybridized carbons (Fsp3) is 0.562. The van der Waals surface area contributed by atoms with E-state index in [0.29, 0.717) is 6.04 Å². The van der Waals surface area contributed by atoms with Crippen LogP contribution in [0.4, 0.5) is 0 Å². The number of hydrogen-bond acceptors (Lipinski definition) is 2. The van der Waals surface area contributed by atoms with Gasteiger partial charge in [0, 0.05) is 10.9 Å². The monoisotopic (exact) mass is 277 g/mol. The largest absolute Gasteiger partial charge is 0.352 e. The highest BCUT2D eigenvalue weighted by Crippen LogP contribution is 2.23. The fourth-order valence-electron chi connectivity index (χ4n) is 2.50. The molecule has 19 heavy (non-hydrogen) atoms. The van der Waals surface area contributed by atoms with Gasteiger partial charge in [-0.3, -0.25) is 4.79 Å². The lowest BCUT2D eigenvalue weighted by atomic mass is 10.1. The number of rotatable bonds is 4. The second kappa shape index (κ2) is 7.59. The van der Waals surface area contributed by atoms with Crippen molar-refractivity contribution in [3.63, 3.8) is 0 Å². The minimum absolute atomic E-state index is 0.0225. The number of benzene rings is 1. The first kappa shape index (κ1) is 14.4. The van der Waals surface area contributed by atoms with E-state index in [4.69, 9.17) is 0 Å². The van der Waals surface area contributed by atoms with Crippen molar-refractivity contribution in [3.8, 4) is 0 Å². The number of amides is 1. The lowest BCUT2D eigenvalue weighted by Gasteiger charge is -2.19. The highest BCUT2D eigenvalue weighted by molar-refractivity contribution is 8.00. The third kappa shape index (κ3) is 4.90. The van der Waals surface area contributed by atoms with Crippen LogP contribution >= 0.6 is 11.8 Å². The summed E-state index contributed by atoms with van der Waals surface area (Å²) >= 11 is 1.63. The normalized spacial score (nSPS) is 18.6. The number of carbonyl (C=O) groups excluding carboxylic acids is 1. The first-order valence-electron chi connectivity index (χ1n) is 7.28. The summed E-state index contributed by atoms with van der Waals surface area (Å²) in [6.07, 6.45) is 7.45. The topological polar surface area (TPSA) is 29.1 Å². The smallest absolute Gasteiger partial charge is 0.233 e. The third-order valence-corrected chi connectivity index (χ3v) is 4.74. The predicted molar refractivity (Wildman–Crippen MR) is 81.4 cm³/mol. The van der Waals surface area contributed by atoms with E-state index in [0.717, 1.165) is 17.7 Å². The summed E-state index contributed by atoms with van der Waals surface area (Å²) in [4.78, 5) is 13.4. The fourth-order valence-corrected chi connectivity index (χ4v) is 3.40. The van der Waals surface area contributed by atoms with Gasteiger partial charge in [-0.05, 0) is 31.9 Å². The predicted octanol–water partition coefficient (Wildman–Crippen LogP) is 4.01. The molecule has 1 atom stereocenters. The first-order chi connectivity index (χ1) is 9.25. The van der Waals surface area contributed by atoms with Crippen LogP contribution in [0.15, 0.2) is 35.2 Å². The van der Waals surface area contributed by atoms with Gasteiger partial charge in [-0.15, -0.1) is 11.8 Å². The number of carbonyl (C=O) groups is 1. The minimum atomic E-state index is -0.0225. The van der Waals surface area contributed by atoms with Crippen LogP contribution in [0.25, 0.3) is 0 Å². The lowest BCUT2D eigenvalue weighted by Crippen LogP contribution is -2.39. The molecule has 104 valence electrons. The van der Waals surface area contributed by atoms with Crippen molar-refractivity contribution in [2.24, 2.45) is 0 Å². The maximum absolute atomic E-state index is 12.2. The zero-order valence-corrected chi connectivity index (χ0v) is 12.4. The Bertz CT molecular complexity index is 385. The van der Waals surface area contributed by atoms with Gasteiger partial charge in [-0.1, -0.05) is 43.9 Å². The van der Waals surface area contributed by atoms with Crippen LogP contribution < -0.4 is 5.32 Å². The molecule has 0 bridgehead atoms. The number of thioether (sulfide) groups is 1. The average Bonchev–Trinajstić information content (AvgIpc) is 2.68. The number of nitrogens with one attached hydrogen (secondary N) is 1. The molecule has 1 aromatic rings. The van der Waals surface area contributed by atoms with Crippen molar-refractivity contribution in [1.29, 1.82) is 0 Å². The molecule has 1 aromatic carbocycles. The van der Waals surface area contributed by atoms with Crippen molar-refractivity contribution in [2.75, 3.05) is 0 Å². The number of hydrogen-bond donors (Lipinski definition) is 1. The Morgan fingerprint density at radius 3 is 2.42 bits per heavy atom. The van der Waals surface area contributed by atoms with Gasteiger partial charge < -0.3 is 5.32 Å². The second-order valence-corrected chi connectivity index (χ2v) is 6.68. The van der Waals surface area contributed by atoms with Gasteiger partial charge in [0.25, 0.3) is 0 Å². The molecule has 1 aliphatic carbocycles. The molecule has 2 nitrogen and oxygen atoms in total. The first-order valence-corrected chi connectivity index (χ1v) is 8.16. The highest BCUT2D eigenvalue weighted by atomic mass is 32.2. The summed E-state index contributed by atoms with van der Waals surface area (Å²) in [5, 5.41) is 3.20. The summed E-state index contributed by atoms with van der Waals surface area (Å²) in [6.45, 7) is 1.99. The molecule has 1 fully saturated rings. The maximum Gasteiger partial charge on any atom is 0.233 e. The van der Waals surface area contributed by atoms with Crippen LogP contribution in [0.3, 0.4) is 0 Å². The Balaban J connectivity index is 1.81. The summed E-state index contributed by atoms with van der Waals surface area (Å²) in [5.41, 5.74) is 0. The Morgan fingerprint density at radius 1 is 1.16 bits per heavy atom. The minimum Gasteiger partial charge on any atom is -0.352 e. The van der Waals surface area contributed by atoms with E-state index in [2.05, 4.69) is 17.4 Å². The van der Waals surface area contributed by atoms with E-state index in [-0.39, 0.29) is 11.2 Å². The Labute approximate surface area is 120 Å².